The van der Waals surface area contributed by atoms with E-state index < -0.39 is 0 Å². The number of para-hydroxylation sites is 1. The minimum atomic E-state index is 0.426. The van der Waals surface area contributed by atoms with Crippen LogP contribution in [0.1, 0.15) is 31.2 Å². The Morgan fingerprint density at radius 3 is 2.74 bits per heavy atom. The minimum Gasteiger partial charge on any atom is -0.350 e. The highest BCUT2D eigenvalue weighted by Gasteiger charge is 2.18. The topological polar surface area (TPSA) is 43.0 Å². The lowest BCUT2D eigenvalue weighted by Gasteiger charge is -2.26. The van der Waals surface area contributed by atoms with Gasteiger partial charge < -0.3 is 15.6 Å². The standard InChI is InChI=1S/C16H23N3/c1-19-11-12(15-4-2-3-5-16(15)19)10-18-14-8-6-13(17)7-9-14/h2-5,11,13-14,18H,6-10,17H2,1H3. The van der Waals surface area contributed by atoms with Gasteiger partial charge in [0.1, 0.15) is 0 Å². The highest BCUT2D eigenvalue weighted by molar-refractivity contribution is 5.83. The van der Waals surface area contributed by atoms with Crippen molar-refractivity contribution in [3.63, 3.8) is 0 Å². The van der Waals surface area contributed by atoms with Gasteiger partial charge in [0, 0.05) is 42.8 Å². The van der Waals surface area contributed by atoms with Crippen molar-refractivity contribution in [2.45, 2.75) is 44.3 Å². The molecule has 0 spiro atoms. The third-order valence-electron chi connectivity index (χ3n) is 4.33. The molecule has 0 amide bonds. The van der Waals surface area contributed by atoms with Crippen molar-refractivity contribution in [1.82, 2.24) is 9.88 Å². The van der Waals surface area contributed by atoms with Gasteiger partial charge in [-0.1, -0.05) is 18.2 Å². The van der Waals surface area contributed by atoms with Crippen LogP contribution in [0.5, 0.6) is 0 Å². The second-order valence-corrected chi connectivity index (χ2v) is 5.77. The van der Waals surface area contributed by atoms with Gasteiger partial charge in [0.2, 0.25) is 0 Å². The van der Waals surface area contributed by atoms with Crippen LogP contribution in [0.15, 0.2) is 30.5 Å². The molecule has 1 heterocycles. The van der Waals surface area contributed by atoms with Crippen LogP contribution >= 0.6 is 0 Å². The summed E-state index contributed by atoms with van der Waals surface area (Å²) in [6.07, 6.45) is 6.99. The van der Waals surface area contributed by atoms with Gasteiger partial charge in [-0.2, -0.15) is 0 Å². The van der Waals surface area contributed by atoms with Crippen LogP contribution in [0.3, 0.4) is 0 Å². The Morgan fingerprint density at radius 2 is 1.95 bits per heavy atom. The van der Waals surface area contributed by atoms with E-state index in [1.165, 1.54) is 29.3 Å². The smallest absolute Gasteiger partial charge is 0.0481 e. The SMILES string of the molecule is Cn1cc(CNC2CCC(N)CC2)c2ccccc21. The van der Waals surface area contributed by atoms with E-state index in [4.69, 9.17) is 5.73 Å². The second kappa shape index (κ2) is 5.35. The van der Waals surface area contributed by atoms with Crippen LogP contribution in [0, 0.1) is 0 Å². The Kier molecular flexibility index (Phi) is 3.58. The summed E-state index contributed by atoms with van der Waals surface area (Å²) in [7, 11) is 2.12. The summed E-state index contributed by atoms with van der Waals surface area (Å²) >= 11 is 0. The minimum absolute atomic E-state index is 0.426. The number of nitrogens with zero attached hydrogens (tertiary/aromatic N) is 1. The zero-order valence-corrected chi connectivity index (χ0v) is 11.6. The van der Waals surface area contributed by atoms with E-state index in [1.54, 1.807) is 0 Å². The normalized spacial score (nSPS) is 23.9. The first-order valence-corrected chi connectivity index (χ1v) is 7.26. The molecule has 0 saturated heterocycles. The Bertz CT molecular complexity index is 550. The molecule has 0 bridgehead atoms. The van der Waals surface area contributed by atoms with E-state index in [2.05, 4.69) is 47.4 Å². The number of hydrogen-bond acceptors (Lipinski definition) is 2. The summed E-state index contributed by atoms with van der Waals surface area (Å²) in [5.41, 5.74) is 8.66. The molecule has 3 rings (SSSR count). The van der Waals surface area contributed by atoms with Crippen molar-refractivity contribution >= 4 is 10.9 Å². The predicted molar refractivity (Wildman–Crippen MR) is 80.0 cm³/mol. The molecule has 1 aliphatic carbocycles. The molecule has 1 aromatic heterocycles. The third kappa shape index (κ3) is 2.67. The lowest BCUT2D eigenvalue weighted by Crippen LogP contribution is -2.36. The van der Waals surface area contributed by atoms with Crippen LogP contribution in [0.4, 0.5) is 0 Å². The van der Waals surface area contributed by atoms with Gasteiger partial charge in [0.05, 0.1) is 0 Å². The monoisotopic (exact) mass is 257 g/mol. The molecule has 1 saturated carbocycles. The van der Waals surface area contributed by atoms with Gasteiger partial charge in [-0.15, -0.1) is 0 Å². The molecule has 0 aliphatic heterocycles. The lowest BCUT2D eigenvalue weighted by atomic mass is 9.92. The number of aryl methyl sites for hydroxylation is 1. The molecule has 19 heavy (non-hydrogen) atoms. The Balaban J connectivity index is 1.69. The first kappa shape index (κ1) is 12.7. The van der Waals surface area contributed by atoms with Crippen molar-refractivity contribution < 1.29 is 0 Å². The first-order valence-electron chi connectivity index (χ1n) is 7.26. The zero-order chi connectivity index (χ0) is 13.2. The summed E-state index contributed by atoms with van der Waals surface area (Å²) in [4.78, 5) is 0. The zero-order valence-electron chi connectivity index (χ0n) is 11.6. The molecule has 2 aromatic rings. The molecule has 0 radical (unpaired) electrons. The van der Waals surface area contributed by atoms with Gasteiger partial charge in [0.15, 0.2) is 0 Å². The van der Waals surface area contributed by atoms with Crippen molar-refractivity contribution in [3.8, 4) is 0 Å². The van der Waals surface area contributed by atoms with Gasteiger partial charge in [-0.05, 0) is 37.3 Å². The molecule has 3 heteroatoms. The molecule has 0 unspecified atom stereocenters. The molecule has 1 aromatic carbocycles. The third-order valence-corrected chi connectivity index (χ3v) is 4.33. The summed E-state index contributed by atoms with van der Waals surface area (Å²) in [6.45, 7) is 0.960. The van der Waals surface area contributed by atoms with Crippen LogP contribution < -0.4 is 11.1 Å². The maximum absolute atomic E-state index is 5.95. The number of aromatic nitrogens is 1. The van der Waals surface area contributed by atoms with E-state index in [0.717, 1.165) is 19.4 Å². The fraction of sp³-hybridized carbons (Fsp3) is 0.500. The summed E-state index contributed by atoms with van der Waals surface area (Å²) in [5.74, 6) is 0. The maximum Gasteiger partial charge on any atom is 0.0481 e. The number of benzene rings is 1. The fourth-order valence-electron chi connectivity index (χ4n) is 3.14. The van der Waals surface area contributed by atoms with Gasteiger partial charge in [-0.3, -0.25) is 0 Å². The van der Waals surface area contributed by atoms with Crippen LogP contribution in [0.2, 0.25) is 0 Å². The number of hydrogen-bond donors (Lipinski definition) is 2. The predicted octanol–water partition coefficient (Wildman–Crippen LogP) is 2.54. The van der Waals surface area contributed by atoms with Crippen molar-refractivity contribution in [3.05, 3.63) is 36.0 Å². The van der Waals surface area contributed by atoms with Crippen molar-refractivity contribution in [2.24, 2.45) is 12.8 Å². The number of nitrogens with one attached hydrogen (secondary N) is 1. The second-order valence-electron chi connectivity index (χ2n) is 5.77. The number of fused-ring (bicyclic) bond motifs is 1. The molecule has 1 fully saturated rings. The van der Waals surface area contributed by atoms with Crippen LogP contribution in [-0.2, 0) is 13.6 Å². The molecule has 3 N–H and O–H groups in total. The molecule has 0 atom stereocenters. The average Bonchev–Trinajstić information content (AvgIpc) is 2.76. The average molecular weight is 257 g/mol. The lowest BCUT2D eigenvalue weighted by molar-refractivity contribution is 0.342. The molecular weight excluding hydrogens is 234 g/mol. The van der Waals surface area contributed by atoms with Gasteiger partial charge in [0.25, 0.3) is 0 Å². The fourth-order valence-corrected chi connectivity index (χ4v) is 3.14. The molecule has 3 nitrogen and oxygen atoms in total. The Labute approximate surface area is 114 Å². The number of nitrogens with two attached hydrogens (primary N) is 1. The van der Waals surface area contributed by atoms with E-state index in [-0.39, 0.29) is 0 Å². The first-order chi connectivity index (χ1) is 9.24. The van der Waals surface area contributed by atoms with E-state index in [9.17, 15) is 0 Å². The van der Waals surface area contributed by atoms with Gasteiger partial charge in [-0.25, -0.2) is 0 Å². The van der Waals surface area contributed by atoms with E-state index in [1.807, 2.05) is 0 Å². The highest BCUT2D eigenvalue weighted by Crippen LogP contribution is 2.22. The van der Waals surface area contributed by atoms with Crippen LogP contribution in [-0.4, -0.2) is 16.7 Å². The number of rotatable bonds is 3. The van der Waals surface area contributed by atoms with Gasteiger partial charge >= 0.3 is 0 Å². The molecular formula is C16H23N3. The largest absolute Gasteiger partial charge is 0.350 e. The van der Waals surface area contributed by atoms with Crippen LogP contribution in [0.25, 0.3) is 10.9 Å². The Morgan fingerprint density at radius 1 is 1.21 bits per heavy atom. The van der Waals surface area contributed by atoms with Crippen molar-refractivity contribution in [2.75, 3.05) is 0 Å². The molecule has 102 valence electrons. The van der Waals surface area contributed by atoms with Crippen molar-refractivity contribution in [1.29, 1.82) is 0 Å². The summed E-state index contributed by atoms with van der Waals surface area (Å²) in [5, 5.41) is 5.06. The quantitative estimate of drug-likeness (QED) is 0.887. The van der Waals surface area contributed by atoms with E-state index in [0.29, 0.717) is 12.1 Å². The summed E-state index contributed by atoms with van der Waals surface area (Å²) < 4.78 is 2.21. The van der Waals surface area contributed by atoms with E-state index >= 15 is 0 Å². The summed E-state index contributed by atoms with van der Waals surface area (Å²) in [6, 6.07) is 9.67. The molecule has 1 aliphatic rings. The highest BCUT2D eigenvalue weighted by atomic mass is 14.9. The Hall–Kier alpha value is -1.32. The maximum atomic E-state index is 5.95.